The number of benzene rings is 3. The summed E-state index contributed by atoms with van der Waals surface area (Å²) in [5, 5.41) is 2.91. The molecule has 0 fully saturated rings. The van der Waals surface area contributed by atoms with E-state index < -0.39 is 0 Å². The zero-order valence-electron chi connectivity index (χ0n) is 16.8. The molecule has 0 aromatic heterocycles. The van der Waals surface area contributed by atoms with E-state index in [9.17, 15) is 9.59 Å². The van der Waals surface area contributed by atoms with E-state index in [-0.39, 0.29) is 18.4 Å². The smallest absolute Gasteiger partial charge is 0.257 e. The molecule has 0 unspecified atom stereocenters. The second-order valence-electron chi connectivity index (χ2n) is 6.89. The highest BCUT2D eigenvalue weighted by molar-refractivity contribution is 6.01. The monoisotopic (exact) mass is 388 g/mol. The Morgan fingerprint density at radius 2 is 1.48 bits per heavy atom. The molecule has 0 heterocycles. The molecule has 0 saturated heterocycles. The summed E-state index contributed by atoms with van der Waals surface area (Å²) in [4.78, 5) is 26.8. The Hall–Kier alpha value is -3.60. The average Bonchev–Trinajstić information content (AvgIpc) is 2.71. The Labute approximate surface area is 170 Å². The van der Waals surface area contributed by atoms with Crippen LogP contribution in [-0.4, -0.2) is 30.3 Å². The molecule has 3 aromatic rings. The molecule has 0 bridgehead atoms. The largest absolute Gasteiger partial charge is 0.457 e. The lowest BCUT2D eigenvalue weighted by Crippen LogP contribution is -2.35. The third kappa shape index (κ3) is 5.02. The van der Waals surface area contributed by atoms with Crippen LogP contribution in [0, 0.1) is 13.8 Å². The van der Waals surface area contributed by atoms with Crippen molar-refractivity contribution in [3.63, 3.8) is 0 Å². The number of carbonyl (C=O) groups excluding carboxylic acids is 2. The second-order valence-corrected chi connectivity index (χ2v) is 6.89. The minimum absolute atomic E-state index is 0.0632. The van der Waals surface area contributed by atoms with Gasteiger partial charge in [-0.15, -0.1) is 0 Å². The molecule has 1 N–H and O–H groups in total. The van der Waals surface area contributed by atoms with Gasteiger partial charge in [-0.1, -0.05) is 48.5 Å². The molecule has 0 atom stereocenters. The van der Waals surface area contributed by atoms with E-state index in [2.05, 4.69) is 5.32 Å². The molecule has 0 aliphatic rings. The zero-order chi connectivity index (χ0) is 20.8. The van der Waals surface area contributed by atoms with Crippen LogP contribution in [0.3, 0.4) is 0 Å². The first-order chi connectivity index (χ1) is 14.0. The number of nitrogens with zero attached hydrogens (tertiary/aromatic N) is 1. The van der Waals surface area contributed by atoms with Gasteiger partial charge in [-0.2, -0.15) is 0 Å². The number of para-hydroxylation sites is 3. The van der Waals surface area contributed by atoms with E-state index in [1.807, 2.05) is 68.4 Å². The van der Waals surface area contributed by atoms with Crippen molar-refractivity contribution in [3.8, 4) is 11.5 Å². The molecule has 2 amide bonds. The number of anilines is 1. The molecular formula is C24H24N2O3. The highest BCUT2D eigenvalue weighted by atomic mass is 16.5. The topological polar surface area (TPSA) is 58.6 Å². The second kappa shape index (κ2) is 9.06. The minimum atomic E-state index is -0.284. The number of ether oxygens (including phenoxy) is 1. The number of amides is 2. The van der Waals surface area contributed by atoms with Crippen LogP contribution in [-0.2, 0) is 4.79 Å². The van der Waals surface area contributed by atoms with Gasteiger partial charge >= 0.3 is 0 Å². The van der Waals surface area contributed by atoms with Crippen LogP contribution < -0.4 is 10.1 Å². The summed E-state index contributed by atoms with van der Waals surface area (Å²) in [5.41, 5.74) is 3.15. The highest BCUT2D eigenvalue weighted by Gasteiger charge is 2.19. The normalized spacial score (nSPS) is 10.3. The fraction of sp³-hybridized carbons (Fsp3) is 0.167. The number of likely N-dealkylation sites (N-methyl/N-ethyl adjacent to an activating group) is 1. The molecule has 0 saturated carbocycles. The van der Waals surface area contributed by atoms with Crippen molar-refractivity contribution in [1.29, 1.82) is 0 Å². The molecule has 0 aliphatic heterocycles. The molecule has 0 aliphatic carbocycles. The van der Waals surface area contributed by atoms with Crippen molar-refractivity contribution in [2.24, 2.45) is 0 Å². The average molecular weight is 388 g/mol. The molecule has 5 nitrogen and oxygen atoms in total. The maximum absolute atomic E-state index is 12.9. The Kier molecular flexibility index (Phi) is 6.29. The van der Waals surface area contributed by atoms with E-state index in [0.29, 0.717) is 17.1 Å². The summed E-state index contributed by atoms with van der Waals surface area (Å²) < 4.78 is 5.86. The van der Waals surface area contributed by atoms with Gasteiger partial charge in [0.25, 0.3) is 5.91 Å². The Balaban J connectivity index is 1.71. The van der Waals surface area contributed by atoms with Crippen molar-refractivity contribution in [2.75, 3.05) is 18.9 Å². The lowest BCUT2D eigenvalue weighted by Gasteiger charge is -2.19. The van der Waals surface area contributed by atoms with Gasteiger partial charge in [0.2, 0.25) is 5.91 Å². The van der Waals surface area contributed by atoms with Crippen molar-refractivity contribution in [2.45, 2.75) is 13.8 Å². The Morgan fingerprint density at radius 1 is 0.862 bits per heavy atom. The van der Waals surface area contributed by atoms with Gasteiger partial charge in [0.15, 0.2) is 0 Å². The number of nitrogens with one attached hydrogen (secondary N) is 1. The van der Waals surface area contributed by atoms with E-state index >= 15 is 0 Å². The fourth-order valence-electron chi connectivity index (χ4n) is 3.03. The summed E-state index contributed by atoms with van der Waals surface area (Å²) in [5.74, 6) is 0.557. The first-order valence-corrected chi connectivity index (χ1v) is 9.39. The SMILES string of the molecule is Cc1cccc(C)c1NC(=O)CN(C)C(=O)c1ccccc1Oc1ccccc1. The molecule has 0 radical (unpaired) electrons. The summed E-state index contributed by atoms with van der Waals surface area (Å²) in [6.07, 6.45) is 0. The van der Waals surface area contributed by atoms with Crippen molar-refractivity contribution >= 4 is 17.5 Å². The van der Waals surface area contributed by atoms with Gasteiger partial charge < -0.3 is 15.0 Å². The predicted molar refractivity (Wildman–Crippen MR) is 114 cm³/mol. The molecular weight excluding hydrogens is 364 g/mol. The first-order valence-electron chi connectivity index (χ1n) is 9.39. The van der Waals surface area contributed by atoms with Gasteiger partial charge in [-0.05, 0) is 49.2 Å². The zero-order valence-corrected chi connectivity index (χ0v) is 16.8. The third-order valence-corrected chi connectivity index (χ3v) is 4.56. The number of carbonyl (C=O) groups is 2. The van der Waals surface area contributed by atoms with Crippen LogP contribution in [0.25, 0.3) is 0 Å². The van der Waals surface area contributed by atoms with Crippen molar-refractivity contribution in [1.82, 2.24) is 4.90 Å². The van der Waals surface area contributed by atoms with Crippen LogP contribution in [0.1, 0.15) is 21.5 Å². The quantitative estimate of drug-likeness (QED) is 0.659. The van der Waals surface area contributed by atoms with E-state index in [4.69, 9.17) is 4.74 Å². The van der Waals surface area contributed by atoms with Crippen LogP contribution in [0.4, 0.5) is 5.69 Å². The highest BCUT2D eigenvalue weighted by Crippen LogP contribution is 2.26. The molecule has 148 valence electrons. The summed E-state index contributed by atoms with van der Waals surface area (Å²) in [6, 6.07) is 22.1. The maximum atomic E-state index is 12.9. The minimum Gasteiger partial charge on any atom is -0.457 e. The van der Waals surface area contributed by atoms with Gasteiger partial charge in [-0.3, -0.25) is 9.59 Å². The van der Waals surface area contributed by atoms with Crippen LogP contribution >= 0.6 is 0 Å². The summed E-state index contributed by atoms with van der Waals surface area (Å²) >= 11 is 0. The van der Waals surface area contributed by atoms with Crippen LogP contribution in [0.5, 0.6) is 11.5 Å². The van der Waals surface area contributed by atoms with E-state index in [0.717, 1.165) is 16.8 Å². The van der Waals surface area contributed by atoms with Gasteiger partial charge in [0.1, 0.15) is 11.5 Å². The van der Waals surface area contributed by atoms with Gasteiger partial charge in [0, 0.05) is 12.7 Å². The molecule has 0 spiro atoms. The van der Waals surface area contributed by atoms with E-state index in [1.54, 1.807) is 25.2 Å². The Morgan fingerprint density at radius 3 is 2.17 bits per heavy atom. The third-order valence-electron chi connectivity index (χ3n) is 4.56. The van der Waals surface area contributed by atoms with Crippen molar-refractivity contribution < 1.29 is 14.3 Å². The number of hydrogen-bond donors (Lipinski definition) is 1. The van der Waals surface area contributed by atoms with Crippen LogP contribution in [0.2, 0.25) is 0 Å². The number of hydrogen-bond acceptors (Lipinski definition) is 3. The lowest BCUT2D eigenvalue weighted by atomic mass is 10.1. The molecule has 3 aromatic carbocycles. The van der Waals surface area contributed by atoms with Gasteiger partial charge in [-0.25, -0.2) is 0 Å². The molecule has 3 rings (SSSR count). The Bertz CT molecular complexity index is 995. The van der Waals surface area contributed by atoms with E-state index in [1.165, 1.54) is 4.90 Å². The standard InChI is InChI=1S/C24H24N2O3/c1-17-10-9-11-18(2)23(17)25-22(27)16-26(3)24(28)20-14-7-8-15-21(20)29-19-12-5-4-6-13-19/h4-15H,16H2,1-3H3,(H,25,27). The molecule has 5 heteroatoms. The predicted octanol–water partition coefficient (Wildman–Crippen LogP) is 4.81. The lowest BCUT2D eigenvalue weighted by molar-refractivity contribution is -0.116. The molecule has 29 heavy (non-hydrogen) atoms. The first kappa shape index (κ1) is 20.1. The van der Waals surface area contributed by atoms with Crippen LogP contribution in [0.15, 0.2) is 72.8 Å². The summed E-state index contributed by atoms with van der Waals surface area (Å²) in [7, 11) is 1.60. The fourth-order valence-corrected chi connectivity index (χ4v) is 3.03. The maximum Gasteiger partial charge on any atom is 0.257 e. The summed E-state index contributed by atoms with van der Waals surface area (Å²) in [6.45, 7) is 3.82. The number of aryl methyl sites for hydroxylation is 2. The number of rotatable bonds is 6. The van der Waals surface area contributed by atoms with Gasteiger partial charge in [0.05, 0.1) is 12.1 Å². The van der Waals surface area contributed by atoms with Crippen molar-refractivity contribution in [3.05, 3.63) is 89.5 Å².